The molecule has 5 nitrogen and oxygen atoms in total. The van der Waals surface area contributed by atoms with Gasteiger partial charge in [-0.3, -0.25) is 5.10 Å². The number of pyridine rings is 1. The Morgan fingerprint density at radius 1 is 1.37 bits per heavy atom. The first-order valence-electron chi connectivity index (χ1n) is 5.89. The van der Waals surface area contributed by atoms with Crippen LogP contribution in [0.1, 0.15) is 24.5 Å². The van der Waals surface area contributed by atoms with E-state index < -0.39 is 0 Å². The highest BCUT2D eigenvalue weighted by Crippen LogP contribution is 2.44. The smallest absolute Gasteiger partial charge is 0.153 e. The molecule has 0 amide bonds. The zero-order chi connectivity index (χ0) is 13.0. The first-order valence-corrected chi connectivity index (χ1v) is 7.35. The van der Waals surface area contributed by atoms with E-state index in [1.807, 2.05) is 6.07 Å². The van der Waals surface area contributed by atoms with Gasteiger partial charge in [0.2, 0.25) is 0 Å². The molecule has 1 aliphatic carbocycles. The van der Waals surface area contributed by atoms with Crippen molar-refractivity contribution in [3.05, 3.63) is 26.7 Å². The molecule has 1 fully saturated rings. The molecule has 0 radical (unpaired) electrons. The fraction of sp³-hybridized carbons (Fsp3) is 0.250. The van der Waals surface area contributed by atoms with Crippen molar-refractivity contribution in [3.63, 3.8) is 0 Å². The summed E-state index contributed by atoms with van der Waals surface area (Å²) in [5, 5.41) is 12.6. The molecule has 3 heterocycles. The highest BCUT2D eigenvalue weighted by molar-refractivity contribution is 14.1. The molecular weight excluding hydrogens is 379 g/mol. The molecule has 3 aromatic rings. The van der Waals surface area contributed by atoms with E-state index >= 15 is 0 Å². The summed E-state index contributed by atoms with van der Waals surface area (Å²) in [5.74, 6) is 1.48. The second kappa shape index (κ2) is 4.17. The van der Waals surface area contributed by atoms with Crippen LogP contribution in [0.2, 0.25) is 5.15 Å². The van der Waals surface area contributed by atoms with E-state index in [0.717, 1.165) is 25.9 Å². The van der Waals surface area contributed by atoms with E-state index in [1.54, 1.807) is 6.20 Å². The lowest BCUT2D eigenvalue weighted by Crippen LogP contribution is -1.85. The van der Waals surface area contributed by atoms with Crippen LogP contribution in [0.3, 0.4) is 0 Å². The second-order valence-corrected chi connectivity index (χ2v) is 6.02. The van der Waals surface area contributed by atoms with Crippen LogP contribution >= 0.6 is 34.2 Å². The summed E-state index contributed by atoms with van der Waals surface area (Å²) in [5.41, 5.74) is 2.29. The number of rotatable bonds is 2. The molecule has 0 spiro atoms. The molecule has 1 aliphatic rings. The van der Waals surface area contributed by atoms with Gasteiger partial charge in [-0.1, -0.05) is 16.8 Å². The quantitative estimate of drug-likeness (QED) is 0.538. The van der Waals surface area contributed by atoms with E-state index in [2.05, 4.69) is 42.9 Å². The van der Waals surface area contributed by atoms with Crippen molar-refractivity contribution in [2.45, 2.75) is 18.8 Å². The lowest BCUT2D eigenvalue weighted by molar-refractivity contribution is 0.385. The Morgan fingerprint density at radius 2 is 2.21 bits per heavy atom. The van der Waals surface area contributed by atoms with Gasteiger partial charge in [0.15, 0.2) is 5.76 Å². The molecule has 0 aliphatic heterocycles. The van der Waals surface area contributed by atoms with Gasteiger partial charge in [-0.15, -0.1) is 0 Å². The van der Waals surface area contributed by atoms with Crippen molar-refractivity contribution >= 4 is 45.1 Å². The van der Waals surface area contributed by atoms with Crippen molar-refractivity contribution in [3.8, 4) is 11.4 Å². The number of nitrogens with one attached hydrogen (secondary N) is 1. The van der Waals surface area contributed by atoms with Gasteiger partial charge < -0.3 is 4.52 Å². The fourth-order valence-corrected chi connectivity index (χ4v) is 3.28. The maximum atomic E-state index is 6.16. The topological polar surface area (TPSA) is 67.6 Å². The third-order valence-corrected chi connectivity index (χ3v) is 4.59. The number of aromatic amines is 1. The third-order valence-electron chi connectivity index (χ3n) is 3.26. The van der Waals surface area contributed by atoms with Crippen LogP contribution in [0.4, 0.5) is 0 Å². The molecule has 0 aromatic carbocycles. The number of halogens is 2. The molecule has 3 aromatic heterocycles. The summed E-state index contributed by atoms with van der Waals surface area (Å²) in [6.07, 6.45) is 4.00. The third kappa shape index (κ3) is 1.77. The van der Waals surface area contributed by atoms with Gasteiger partial charge in [-0.05, 0) is 41.5 Å². The monoisotopic (exact) mass is 386 g/mol. The minimum absolute atomic E-state index is 0.424. The van der Waals surface area contributed by atoms with Gasteiger partial charge in [0, 0.05) is 12.1 Å². The van der Waals surface area contributed by atoms with Crippen molar-refractivity contribution in [1.82, 2.24) is 20.3 Å². The fourth-order valence-electron chi connectivity index (χ4n) is 2.14. The maximum Gasteiger partial charge on any atom is 0.153 e. The summed E-state index contributed by atoms with van der Waals surface area (Å²) in [4.78, 5) is 4.09. The van der Waals surface area contributed by atoms with Crippen molar-refractivity contribution < 1.29 is 4.52 Å². The van der Waals surface area contributed by atoms with Crippen LogP contribution < -0.4 is 0 Å². The van der Waals surface area contributed by atoms with Crippen LogP contribution in [0.25, 0.3) is 22.3 Å². The molecule has 4 rings (SSSR count). The highest BCUT2D eigenvalue weighted by Gasteiger charge is 2.32. The van der Waals surface area contributed by atoms with Gasteiger partial charge >= 0.3 is 0 Å². The molecule has 1 N–H and O–H groups in total. The number of fused-ring (bicyclic) bond motifs is 1. The molecule has 96 valence electrons. The largest absolute Gasteiger partial charge is 0.359 e. The first kappa shape index (κ1) is 11.7. The minimum atomic E-state index is 0.424. The Kier molecular flexibility index (Phi) is 2.56. The zero-order valence-corrected chi connectivity index (χ0v) is 12.6. The normalized spacial score (nSPS) is 15.3. The number of hydrogen-bond acceptors (Lipinski definition) is 4. The standard InChI is InChI=1S/C12H8ClIN4O/c13-12-7-6(3-4-15-12)16-17-9(7)10-8(14)11(19-18-10)5-1-2-5/h3-5H,1-2H2,(H,16,17). The van der Waals surface area contributed by atoms with Crippen LogP contribution in [-0.4, -0.2) is 20.3 Å². The highest BCUT2D eigenvalue weighted by atomic mass is 127. The lowest BCUT2D eigenvalue weighted by Gasteiger charge is -1.95. The minimum Gasteiger partial charge on any atom is -0.359 e. The van der Waals surface area contributed by atoms with E-state index in [1.165, 1.54) is 12.8 Å². The van der Waals surface area contributed by atoms with Crippen molar-refractivity contribution in [2.75, 3.05) is 0 Å². The first-order chi connectivity index (χ1) is 9.25. The van der Waals surface area contributed by atoms with Crippen molar-refractivity contribution in [2.24, 2.45) is 0 Å². The predicted octanol–water partition coefficient (Wildman–Crippen LogP) is 3.75. The number of hydrogen-bond donors (Lipinski definition) is 1. The van der Waals surface area contributed by atoms with Crippen LogP contribution in [0, 0.1) is 3.57 Å². The van der Waals surface area contributed by atoms with Gasteiger partial charge in [0.05, 0.1) is 14.5 Å². The van der Waals surface area contributed by atoms with E-state index in [-0.39, 0.29) is 0 Å². The van der Waals surface area contributed by atoms with E-state index in [0.29, 0.717) is 16.8 Å². The average molecular weight is 387 g/mol. The Hall–Kier alpha value is -1.15. The maximum absolute atomic E-state index is 6.16. The molecule has 0 unspecified atom stereocenters. The Bertz CT molecular complexity index is 777. The zero-order valence-electron chi connectivity index (χ0n) is 9.65. The Balaban J connectivity index is 1.95. The van der Waals surface area contributed by atoms with E-state index in [4.69, 9.17) is 16.1 Å². The lowest BCUT2D eigenvalue weighted by atomic mass is 10.2. The summed E-state index contributed by atoms with van der Waals surface area (Å²) in [6, 6.07) is 1.84. The van der Waals surface area contributed by atoms with Gasteiger partial charge in [0.25, 0.3) is 0 Å². The van der Waals surface area contributed by atoms with Gasteiger partial charge in [-0.25, -0.2) is 4.98 Å². The van der Waals surface area contributed by atoms with Crippen LogP contribution in [-0.2, 0) is 0 Å². The average Bonchev–Trinajstić information content (AvgIpc) is 3.03. The summed E-state index contributed by atoms with van der Waals surface area (Å²) >= 11 is 8.42. The van der Waals surface area contributed by atoms with E-state index in [9.17, 15) is 0 Å². The molecular formula is C12H8ClIN4O. The Morgan fingerprint density at radius 3 is 3.00 bits per heavy atom. The molecule has 0 atom stereocenters. The van der Waals surface area contributed by atoms with Gasteiger partial charge in [-0.2, -0.15) is 5.10 Å². The second-order valence-electron chi connectivity index (χ2n) is 4.58. The number of nitrogens with zero attached hydrogens (tertiary/aromatic N) is 3. The summed E-state index contributed by atoms with van der Waals surface area (Å²) < 4.78 is 6.48. The van der Waals surface area contributed by atoms with Crippen LogP contribution in [0.5, 0.6) is 0 Å². The number of H-pyrrole nitrogens is 1. The summed E-state index contributed by atoms with van der Waals surface area (Å²) in [7, 11) is 0. The molecule has 0 saturated heterocycles. The van der Waals surface area contributed by atoms with Crippen LogP contribution in [0.15, 0.2) is 16.8 Å². The summed E-state index contributed by atoms with van der Waals surface area (Å²) in [6.45, 7) is 0. The Labute approximate surface area is 126 Å². The molecule has 0 bridgehead atoms. The molecule has 7 heteroatoms. The predicted molar refractivity (Wildman–Crippen MR) is 79.1 cm³/mol. The SMILES string of the molecule is Clc1nccc2[nH]nc(-c3noc(C4CC4)c3I)c12. The number of aromatic nitrogens is 4. The van der Waals surface area contributed by atoms with Gasteiger partial charge in [0.1, 0.15) is 16.5 Å². The van der Waals surface area contributed by atoms with Crippen molar-refractivity contribution in [1.29, 1.82) is 0 Å². The molecule has 1 saturated carbocycles. The molecule has 19 heavy (non-hydrogen) atoms.